The molecule has 2 rings (SSSR count). The van der Waals surface area contributed by atoms with Crippen LogP contribution in [-0.2, 0) is 0 Å². The van der Waals surface area contributed by atoms with E-state index in [1.54, 1.807) is 12.2 Å². The third kappa shape index (κ3) is 3.26. The summed E-state index contributed by atoms with van der Waals surface area (Å²) in [4.78, 5) is 0. The predicted molar refractivity (Wildman–Crippen MR) is 76.2 cm³/mol. The van der Waals surface area contributed by atoms with Crippen LogP contribution in [0.15, 0.2) is 53.3 Å². The summed E-state index contributed by atoms with van der Waals surface area (Å²) in [7, 11) is 0. The summed E-state index contributed by atoms with van der Waals surface area (Å²) < 4.78 is 5.40. The molecular formula is C16H16N2O. The molecule has 1 aromatic rings. The van der Waals surface area contributed by atoms with Crippen molar-refractivity contribution in [1.82, 2.24) is 0 Å². The van der Waals surface area contributed by atoms with Crippen LogP contribution in [0.1, 0.15) is 18.9 Å². The second-order valence-electron chi connectivity index (χ2n) is 4.28. The van der Waals surface area contributed by atoms with E-state index in [0.717, 1.165) is 22.6 Å². The smallest absolute Gasteiger partial charge is 0.119 e. The molecule has 0 aliphatic heterocycles. The van der Waals surface area contributed by atoms with Crippen molar-refractivity contribution < 1.29 is 4.74 Å². The molecule has 2 N–H and O–H groups in total. The largest absolute Gasteiger partial charge is 0.494 e. The van der Waals surface area contributed by atoms with Crippen molar-refractivity contribution in [3.8, 4) is 11.8 Å². The maximum absolute atomic E-state index is 9.09. The average molecular weight is 252 g/mol. The van der Waals surface area contributed by atoms with Gasteiger partial charge in [-0.3, -0.25) is 0 Å². The van der Waals surface area contributed by atoms with Gasteiger partial charge < -0.3 is 10.5 Å². The summed E-state index contributed by atoms with van der Waals surface area (Å²) in [6.45, 7) is 2.61. The summed E-state index contributed by atoms with van der Waals surface area (Å²) in [5.74, 6) is 0.851. The number of ether oxygens (including phenoxy) is 1. The van der Waals surface area contributed by atoms with Gasteiger partial charge in [-0.2, -0.15) is 5.26 Å². The Labute approximate surface area is 113 Å². The number of nitriles is 1. The van der Waals surface area contributed by atoms with Gasteiger partial charge in [-0.25, -0.2) is 0 Å². The Morgan fingerprint density at radius 1 is 1.32 bits per heavy atom. The van der Waals surface area contributed by atoms with Gasteiger partial charge in [-0.15, -0.1) is 0 Å². The summed E-state index contributed by atoms with van der Waals surface area (Å²) >= 11 is 0. The molecule has 96 valence electrons. The molecule has 1 aliphatic rings. The second kappa shape index (κ2) is 5.92. The minimum Gasteiger partial charge on any atom is -0.494 e. The molecule has 0 aromatic heterocycles. The first kappa shape index (κ1) is 13.0. The lowest BCUT2D eigenvalue weighted by Gasteiger charge is -2.11. The maximum Gasteiger partial charge on any atom is 0.119 e. The molecule has 0 radical (unpaired) electrons. The lowest BCUT2D eigenvalue weighted by atomic mass is 9.95. The van der Waals surface area contributed by atoms with E-state index < -0.39 is 0 Å². The van der Waals surface area contributed by atoms with E-state index in [2.05, 4.69) is 6.07 Å². The van der Waals surface area contributed by atoms with Gasteiger partial charge in [0.1, 0.15) is 5.75 Å². The summed E-state index contributed by atoms with van der Waals surface area (Å²) in [5.41, 5.74) is 9.24. The van der Waals surface area contributed by atoms with Crippen molar-refractivity contribution in [2.75, 3.05) is 6.61 Å². The highest BCUT2D eigenvalue weighted by molar-refractivity contribution is 5.64. The number of nitrogens with two attached hydrogens (primary N) is 1. The lowest BCUT2D eigenvalue weighted by molar-refractivity contribution is 0.340. The number of benzene rings is 1. The fourth-order valence-electron chi connectivity index (χ4n) is 1.94. The quantitative estimate of drug-likeness (QED) is 0.898. The Hall–Kier alpha value is -2.47. The Bertz CT molecular complexity index is 586. The molecule has 0 spiro atoms. The average Bonchev–Trinajstić information content (AvgIpc) is 2.42. The fraction of sp³-hybridized carbons (Fsp3) is 0.188. The Balaban J connectivity index is 2.24. The van der Waals surface area contributed by atoms with Crippen molar-refractivity contribution in [1.29, 1.82) is 5.26 Å². The molecule has 1 aromatic carbocycles. The van der Waals surface area contributed by atoms with Crippen molar-refractivity contribution in [3.63, 3.8) is 0 Å². The molecule has 0 fully saturated rings. The second-order valence-corrected chi connectivity index (χ2v) is 4.28. The number of allylic oxidation sites excluding steroid dienone is 4. The number of nitrogens with zero attached hydrogens (tertiary/aromatic N) is 1. The van der Waals surface area contributed by atoms with Crippen LogP contribution in [-0.4, -0.2) is 6.61 Å². The summed E-state index contributed by atoms with van der Waals surface area (Å²) in [6, 6.07) is 9.99. The van der Waals surface area contributed by atoms with Crippen molar-refractivity contribution in [2.24, 2.45) is 5.73 Å². The lowest BCUT2D eigenvalue weighted by Crippen LogP contribution is -2.04. The first-order valence-electron chi connectivity index (χ1n) is 6.23. The Kier molecular flexibility index (Phi) is 4.04. The predicted octanol–water partition coefficient (Wildman–Crippen LogP) is 3.16. The molecule has 0 unspecified atom stereocenters. The highest BCUT2D eigenvalue weighted by Crippen LogP contribution is 2.24. The van der Waals surface area contributed by atoms with Gasteiger partial charge in [-0.1, -0.05) is 18.2 Å². The van der Waals surface area contributed by atoms with Gasteiger partial charge in [0.15, 0.2) is 0 Å². The highest BCUT2D eigenvalue weighted by Gasteiger charge is 2.10. The van der Waals surface area contributed by atoms with Gasteiger partial charge in [0.25, 0.3) is 0 Å². The van der Waals surface area contributed by atoms with Crippen LogP contribution in [0.25, 0.3) is 6.08 Å². The zero-order valence-corrected chi connectivity index (χ0v) is 10.9. The van der Waals surface area contributed by atoms with Crippen molar-refractivity contribution >= 4 is 6.08 Å². The molecule has 0 heterocycles. The SMILES string of the molecule is CCOc1ccc(C=C2CC(N)=CC=C2C#N)cc1. The summed E-state index contributed by atoms with van der Waals surface area (Å²) in [6.07, 6.45) is 6.16. The first-order chi connectivity index (χ1) is 9.22. The van der Waals surface area contributed by atoms with E-state index in [1.165, 1.54) is 0 Å². The highest BCUT2D eigenvalue weighted by atomic mass is 16.5. The van der Waals surface area contributed by atoms with E-state index >= 15 is 0 Å². The van der Waals surface area contributed by atoms with Crippen LogP contribution in [0.4, 0.5) is 0 Å². The van der Waals surface area contributed by atoms with Gasteiger partial charge in [0, 0.05) is 12.1 Å². The molecule has 0 atom stereocenters. The topological polar surface area (TPSA) is 59.0 Å². The molecule has 1 aliphatic carbocycles. The van der Waals surface area contributed by atoms with Crippen molar-refractivity contribution in [2.45, 2.75) is 13.3 Å². The molecule has 3 heteroatoms. The normalized spacial score (nSPS) is 16.5. The van der Waals surface area contributed by atoms with E-state index in [1.807, 2.05) is 37.3 Å². The minimum atomic E-state index is 0.618. The van der Waals surface area contributed by atoms with Crippen molar-refractivity contribution in [3.05, 3.63) is 58.8 Å². The minimum absolute atomic E-state index is 0.618. The number of rotatable bonds is 3. The van der Waals surface area contributed by atoms with E-state index in [0.29, 0.717) is 18.6 Å². The molecule has 0 amide bonds. The van der Waals surface area contributed by atoms with E-state index in [4.69, 9.17) is 15.7 Å². The number of hydrogen-bond acceptors (Lipinski definition) is 3. The molecule has 0 saturated heterocycles. The zero-order chi connectivity index (χ0) is 13.7. The molecule has 0 saturated carbocycles. The molecule has 19 heavy (non-hydrogen) atoms. The monoisotopic (exact) mass is 252 g/mol. The van der Waals surface area contributed by atoms with Crippen LogP contribution in [0.3, 0.4) is 0 Å². The van der Waals surface area contributed by atoms with Crippen LogP contribution in [0.5, 0.6) is 5.75 Å². The zero-order valence-electron chi connectivity index (χ0n) is 10.9. The fourth-order valence-corrected chi connectivity index (χ4v) is 1.94. The van der Waals surface area contributed by atoms with E-state index in [9.17, 15) is 0 Å². The molecular weight excluding hydrogens is 236 g/mol. The molecule has 0 bridgehead atoms. The number of hydrogen-bond donors (Lipinski definition) is 1. The van der Waals surface area contributed by atoms with Crippen LogP contribution in [0, 0.1) is 11.3 Å². The third-order valence-electron chi connectivity index (χ3n) is 2.86. The standard InChI is InChI=1S/C16H16N2O/c1-2-19-16-7-3-12(4-8-16)9-14-10-15(18)6-5-13(14)11-17/h3-9H,2,10,18H2,1H3. The van der Waals surface area contributed by atoms with Gasteiger partial charge in [0.05, 0.1) is 18.2 Å². The van der Waals surface area contributed by atoms with Gasteiger partial charge in [0.2, 0.25) is 0 Å². The Morgan fingerprint density at radius 3 is 2.68 bits per heavy atom. The molecule has 3 nitrogen and oxygen atoms in total. The van der Waals surface area contributed by atoms with E-state index in [-0.39, 0.29) is 0 Å². The van der Waals surface area contributed by atoms with Crippen LogP contribution < -0.4 is 10.5 Å². The van der Waals surface area contributed by atoms with Crippen LogP contribution >= 0.6 is 0 Å². The van der Waals surface area contributed by atoms with Gasteiger partial charge >= 0.3 is 0 Å². The maximum atomic E-state index is 9.09. The first-order valence-corrected chi connectivity index (χ1v) is 6.23. The Morgan fingerprint density at radius 2 is 2.05 bits per heavy atom. The summed E-state index contributed by atoms with van der Waals surface area (Å²) in [5, 5.41) is 9.09. The van der Waals surface area contributed by atoms with Crippen LogP contribution in [0.2, 0.25) is 0 Å². The third-order valence-corrected chi connectivity index (χ3v) is 2.86. The van der Waals surface area contributed by atoms with Gasteiger partial charge in [-0.05, 0) is 42.3 Å².